The summed E-state index contributed by atoms with van der Waals surface area (Å²) in [7, 11) is -3.54. The van der Waals surface area contributed by atoms with E-state index in [9.17, 15) is 30.4 Å². The third kappa shape index (κ3) is 6.48. The predicted molar refractivity (Wildman–Crippen MR) is 158 cm³/mol. The van der Waals surface area contributed by atoms with Crippen LogP contribution in [-0.4, -0.2) is 41.9 Å². The van der Waals surface area contributed by atoms with Crippen molar-refractivity contribution in [3.8, 4) is 50.9 Å². The minimum atomic E-state index is -4.70. The van der Waals surface area contributed by atoms with Gasteiger partial charge in [0.15, 0.2) is 38.7 Å². The van der Waals surface area contributed by atoms with Gasteiger partial charge in [-0.25, -0.2) is 18.4 Å². The molecule has 0 spiro atoms. The summed E-state index contributed by atoms with van der Waals surface area (Å²) in [6.45, 7) is -0.0607. The van der Waals surface area contributed by atoms with Gasteiger partial charge in [-0.3, -0.25) is 0 Å². The SMILES string of the molecule is Cc1nc(-c2cc(-c3cccc(S(C)(=O)=O)c3)ccc2-n2cc(C(F)(F)F)nc2C)c(-c2ccc(OC(F)F)c(OC3CC3)c2)o1. The van der Waals surface area contributed by atoms with E-state index in [2.05, 4.69) is 14.7 Å². The van der Waals surface area contributed by atoms with Crippen LogP contribution in [0.5, 0.6) is 11.5 Å². The van der Waals surface area contributed by atoms with Crippen LogP contribution >= 0.6 is 0 Å². The Labute approximate surface area is 260 Å². The second-order valence-electron chi connectivity index (χ2n) is 10.8. The van der Waals surface area contributed by atoms with Crippen molar-refractivity contribution in [2.24, 2.45) is 0 Å². The van der Waals surface area contributed by atoms with E-state index in [1.54, 1.807) is 37.3 Å². The Hall–Kier alpha value is -4.72. The van der Waals surface area contributed by atoms with Crippen LogP contribution < -0.4 is 9.47 Å². The van der Waals surface area contributed by atoms with Gasteiger partial charge in [-0.05, 0) is 73.4 Å². The highest BCUT2D eigenvalue weighted by atomic mass is 32.2. The van der Waals surface area contributed by atoms with Crippen molar-refractivity contribution < 1.29 is 44.3 Å². The number of oxazole rings is 1. The molecule has 1 fully saturated rings. The zero-order valence-electron chi connectivity index (χ0n) is 24.6. The lowest BCUT2D eigenvalue weighted by Gasteiger charge is -2.15. The van der Waals surface area contributed by atoms with Crippen molar-refractivity contribution in [3.05, 3.63) is 84.3 Å². The quantitative estimate of drug-likeness (QED) is 0.148. The molecule has 0 aliphatic heterocycles. The van der Waals surface area contributed by atoms with E-state index in [1.165, 1.54) is 41.8 Å². The highest BCUT2D eigenvalue weighted by Gasteiger charge is 2.35. The smallest absolute Gasteiger partial charge is 0.434 e. The molecule has 14 heteroatoms. The third-order valence-electron chi connectivity index (χ3n) is 7.25. The number of hydrogen-bond acceptors (Lipinski definition) is 7. The van der Waals surface area contributed by atoms with Gasteiger partial charge in [-0.15, -0.1) is 0 Å². The van der Waals surface area contributed by atoms with E-state index < -0.39 is 28.3 Å². The Morgan fingerprint density at radius 2 is 1.65 bits per heavy atom. The summed E-state index contributed by atoms with van der Waals surface area (Å²) in [5.74, 6) is 0.378. The van der Waals surface area contributed by atoms with E-state index in [1.807, 2.05) is 0 Å². The average Bonchev–Trinajstić information content (AvgIpc) is 3.58. The first-order chi connectivity index (χ1) is 21.7. The Kier molecular flexibility index (Phi) is 7.87. The first-order valence-electron chi connectivity index (χ1n) is 14.0. The zero-order chi connectivity index (χ0) is 33.0. The number of aromatic nitrogens is 3. The van der Waals surface area contributed by atoms with E-state index in [-0.39, 0.29) is 51.4 Å². The summed E-state index contributed by atoms with van der Waals surface area (Å²) in [4.78, 5) is 8.38. The normalized spacial score (nSPS) is 13.8. The molecule has 1 aliphatic carbocycles. The van der Waals surface area contributed by atoms with Gasteiger partial charge in [0.05, 0.1) is 16.7 Å². The number of imidazole rings is 1. The molecule has 0 unspecified atom stereocenters. The first kappa shape index (κ1) is 31.3. The van der Waals surface area contributed by atoms with Gasteiger partial charge in [-0.1, -0.05) is 18.2 Å². The number of ether oxygens (including phenoxy) is 2. The van der Waals surface area contributed by atoms with E-state index in [0.29, 0.717) is 22.3 Å². The molecule has 1 saturated carbocycles. The summed E-state index contributed by atoms with van der Waals surface area (Å²) in [5.41, 5.74) is 1.23. The highest BCUT2D eigenvalue weighted by molar-refractivity contribution is 7.90. The van der Waals surface area contributed by atoms with Crippen LogP contribution in [0.25, 0.3) is 39.4 Å². The second kappa shape index (κ2) is 11.6. The summed E-state index contributed by atoms with van der Waals surface area (Å²) < 4.78 is 110. The molecular weight excluding hydrogens is 633 g/mol. The lowest BCUT2D eigenvalue weighted by molar-refractivity contribution is -0.141. The summed E-state index contributed by atoms with van der Waals surface area (Å²) in [5, 5.41) is 0. The Balaban J connectivity index is 1.56. The Morgan fingerprint density at radius 3 is 2.30 bits per heavy atom. The van der Waals surface area contributed by atoms with E-state index in [0.717, 1.165) is 25.3 Å². The minimum absolute atomic E-state index is 0.0517. The Morgan fingerprint density at radius 1 is 0.935 bits per heavy atom. The van der Waals surface area contributed by atoms with Crippen LogP contribution in [0, 0.1) is 13.8 Å². The largest absolute Gasteiger partial charge is 0.487 e. The Bertz CT molecular complexity index is 2050. The fourth-order valence-corrected chi connectivity index (χ4v) is 5.65. The maximum atomic E-state index is 13.7. The number of sulfone groups is 1. The second-order valence-corrected chi connectivity index (χ2v) is 12.9. The van der Waals surface area contributed by atoms with Crippen LogP contribution in [0.3, 0.4) is 0 Å². The average molecular weight is 660 g/mol. The lowest BCUT2D eigenvalue weighted by Crippen LogP contribution is -2.05. The van der Waals surface area contributed by atoms with Gasteiger partial charge in [0.2, 0.25) is 0 Å². The van der Waals surface area contributed by atoms with Gasteiger partial charge in [0, 0.05) is 30.5 Å². The van der Waals surface area contributed by atoms with Crippen molar-refractivity contribution >= 4 is 9.84 Å². The summed E-state index contributed by atoms with van der Waals surface area (Å²) in [6.07, 6.45) is -1.37. The zero-order valence-corrected chi connectivity index (χ0v) is 25.4. The van der Waals surface area contributed by atoms with Gasteiger partial charge in [-0.2, -0.15) is 22.0 Å². The molecule has 8 nitrogen and oxygen atoms in total. The monoisotopic (exact) mass is 659 g/mol. The third-order valence-corrected chi connectivity index (χ3v) is 8.36. The fraction of sp³-hybridized carbons (Fsp3) is 0.250. The van der Waals surface area contributed by atoms with Crippen LogP contribution in [0.2, 0.25) is 0 Å². The molecule has 0 bridgehead atoms. The molecular formula is C32H26F5N3O5S. The van der Waals surface area contributed by atoms with E-state index >= 15 is 0 Å². The van der Waals surface area contributed by atoms with Crippen LogP contribution in [0.1, 0.15) is 30.3 Å². The summed E-state index contributed by atoms with van der Waals surface area (Å²) >= 11 is 0. The molecule has 1 aliphatic rings. The molecule has 5 aromatic rings. The van der Waals surface area contributed by atoms with Crippen molar-refractivity contribution in [1.29, 1.82) is 0 Å². The molecule has 240 valence electrons. The molecule has 46 heavy (non-hydrogen) atoms. The molecule has 0 atom stereocenters. The molecule has 3 aromatic carbocycles. The fourth-order valence-electron chi connectivity index (χ4n) is 4.98. The molecule has 2 heterocycles. The molecule has 0 saturated heterocycles. The number of hydrogen-bond donors (Lipinski definition) is 0. The standard InChI is InChI=1S/C32H26F5N3O5S/c1-17-38-28(32(35,36)37)16-40(17)25-11-7-20(19-5-4-6-23(13-19)46(3,41)42)14-24(25)29-30(43-18(2)39-29)21-8-12-26(45-31(33)34)27(15-21)44-22-9-10-22/h4-8,11-16,22,31H,9-10H2,1-3H3. The van der Waals surface area contributed by atoms with Crippen LogP contribution in [0.4, 0.5) is 22.0 Å². The number of alkyl halides is 5. The van der Waals surface area contributed by atoms with Gasteiger partial charge < -0.3 is 18.5 Å². The van der Waals surface area contributed by atoms with Crippen LogP contribution in [-0.2, 0) is 16.0 Å². The van der Waals surface area contributed by atoms with Crippen molar-refractivity contribution in [2.75, 3.05) is 6.26 Å². The van der Waals surface area contributed by atoms with Crippen molar-refractivity contribution in [3.63, 3.8) is 0 Å². The van der Waals surface area contributed by atoms with Crippen molar-refractivity contribution in [2.45, 2.75) is 50.5 Å². The van der Waals surface area contributed by atoms with Gasteiger partial charge >= 0.3 is 12.8 Å². The molecule has 0 N–H and O–H groups in total. The molecule has 6 rings (SSSR count). The summed E-state index contributed by atoms with van der Waals surface area (Å²) in [6, 6.07) is 15.5. The number of halogens is 5. The van der Waals surface area contributed by atoms with Gasteiger partial charge in [0.25, 0.3) is 0 Å². The molecule has 0 radical (unpaired) electrons. The molecule has 0 amide bonds. The molecule has 2 aromatic heterocycles. The highest BCUT2D eigenvalue weighted by Crippen LogP contribution is 2.43. The number of nitrogens with zero attached hydrogens (tertiary/aromatic N) is 3. The number of benzene rings is 3. The first-order valence-corrected chi connectivity index (χ1v) is 15.9. The topological polar surface area (TPSA) is 96.5 Å². The lowest BCUT2D eigenvalue weighted by atomic mass is 9.98. The minimum Gasteiger partial charge on any atom is -0.487 e. The number of rotatable bonds is 9. The number of aryl methyl sites for hydroxylation is 2. The van der Waals surface area contributed by atoms with E-state index in [4.69, 9.17) is 9.15 Å². The maximum absolute atomic E-state index is 13.7. The van der Waals surface area contributed by atoms with Gasteiger partial charge in [0.1, 0.15) is 11.5 Å². The predicted octanol–water partition coefficient (Wildman–Crippen LogP) is 8.04. The maximum Gasteiger partial charge on any atom is 0.434 e. The van der Waals surface area contributed by atoms with Crippen LogP contribution in [0.15, 0.2) is 76.2 Å². The van der Waals surface area contributed by atoms with Crippen molar-refractivity contribution in [1.82, 2.24) is 14.5 Å².